The van der Waals surface area contributed by atoms with Crippen molar-refractivity contribution in [3.63, 3.8) is 0 Å². The molecule has 9 heteroatoms. The van der Waals surface area contributed by atoms with Crippen molar-refractivity contribution >= 4 is 45.9 Å². The average Bonchev–Trinajstić information content (AvgIpc) is 2.78. The molecule has 0 bridgehead atoms. The molecule has 0 radical (unpaired) electrons. The molecule has 0 saturated carbocycles. The first-order valence-corrected chi connectivity index (χ1v) is 13.4. The molecule has 178 valence electrons. The van der Waals surface area contributed by atoms with Crippen LogP contribution in [0.5, 0.6) is 0 Å². The fraction of sp³-hybridized carbons (Fsp3) is 0.375. The van der Waals surface area contributed by atoms with Crippen molar-refractivity contribution < 1.29 is 13.4 Å². The molecule has 0 aliphatic carbocycles. The molecule has 5 nitrogen and oxygen atoms in total. The predicted molar refractivity (Wildman–Crippen MR) is 138 cm³/mol. The lowest BCUT2D eigenvalue weighted by Crippen LogP contribution is -2.49. The van der Waals surface area contributed by atoms with Crippen LogP contribution in [0.4, 0.5) is 10.1 Å². The number of amides is 1. The Morgan fingerprint density at radius 3 is 2.58 bits per heavy atom. The van der Waals surface area contributed by atoms with Gasteiger partial charge >= 0.3 is 0 Å². The third kappa shape index (κ3) is 6.82. The van der Waals surface area contributed by atoms with Gasteiger partial charge in [0.1, 0.15) is 0 Å². The van der Waals surface area contributed by atoms with Gasteiger partial charge in [0.25, 0.3) is 5.91 Å². The zero-order valence-electron chi connectivity index (χ0n) is 19.0. The Hall–Kier alpha value is -1.87. The maximum atomic E-state index is 15.2. The summed E-state index contributed by atoms with van der Waals surface area (Å²) >= 11 is 8.06. The highest BCUT2D eigenvalue weighted by atomic mass is 35.5. The first-order chi connectivity index (χ1) is 15.7. The molecule has 33 heavy (non-hydrogen) atoms. The van der Waals surface area contributed by atoms with Crippen LogP contribution in [0.3, 0.4) is 0 Å². The van der Waals surface area contributed by atoms with Gasteiger partial charge in [-0.2, -0.15) is 0 Å². The SMILES string of the molecule is CN(C)c1ccc(SN2CCC(F)(C(=O)NC/C=C\S(C)=O)CC2)c(-c2ccccc2Cl)c1. The molecule has 0 spiro atoms. The number of carbonyl (C=O) groups is 1. The molecule has 0 aromatic heterocycles. The van der Waals surface area contributed by atoms with Crippen molar-refractivity contribution in [3.8, 4) is 11.1 Å². The Bertz CT molecular complexity index is 1040. The normalized spacial score (nSPS) is 17.1. The summed E-state index contributed by atoms with van der Waals surface area (Å²) in [5.74, 6) is -0.606. The van der Waals surface area contributed by atoms with E-state index in [1.807, 2.05) is 43.3 Å². The summed E-state index contributed by atoms with van der Waals surface area (Å²) in [6, 6.07) is 14.0. The Balaban J connectivity index is 1.69. The van der Waals surface area contributed by atoms with Crippen LogP contribution in [0.25, 0.3) is 11.1 Å². The summed E-state index contributed by atoms with van der Waals surface area (Å²) in [4.78, 5) is 15.4. The molecule has 2 aromatic carbocycles. The molecule has 1 unspecified atom stereocenters. The fourth-order valence-electron chi connectivity index (χ4n) is 3.56. The highest BCUT2D eigenvalue weighted by Crippen LogP contribution is 2.40. The molecule has 1 aliphatic rings. The van der Waals surface area contributed by atoms with Gasteiger partial charge < -0.3 is 10.2 Å². The third-order valence-corrected chi connectivity index (χ3v) is 7.54. The second kappa shape index (κ2) is 11.5. The Labute approximate surface area is 207 Å². The number of anilines is 1. The van der Waals surface area contributed by atoms with Gasteiger partial charge in [-0.1, -0.05) is 35.9 Å². The maximum Gasteiger partial charge on any atom is 0.258 e. The van der Waals surface area contributed by atoms with Crippen LogP contribution >= 0.6 is 23.5 Å². The van der Waals surface area contributed by atoms with Gasteiger partial charge in [0.05, 0.1) is 0 Å². The fourth-order valence-corrected chi connectivity index (χ4v) is 5.20. The van der Waals surface area contributed by atoms with Crippen LogP contribution in [0.15, 0.2) is 58.8 Å². The standard InChI is InChI=1S/C24H29ClFN3O2S2/c1-28(2)18-9-10-22(20(17-18)19-7-4-5-8-21(19)25)32-29-14-11-24(26,12-15-29)23(30)27-13-6-16-33(3)31/h4-10,16-17H,11-15H2,1-3H3,(H,27,30)/b16-6-. The molecule has 1 N–H and O–H groups in total. The average molecular weight is 510 g/mol. The molecule has 2 aromatic rings. The van der Waals surface area contributed by atoms with Crippen molar-refractivity contribution in [1.82, 2.24) is 9.62 Å². The van der Waals surface area contributed by atoms with Crippen molar-refractivity contribution in [1.29, 1.82) is 0 Å². The number of nitrogens with zero attached hydrogens (tertiary/aromatic N) is 2. The van der Waals surface area contributed by atoms with E-state index in [-0.39, 0.29) is 19.4 Å². The van der Waals surface area contributed by atoms with Gasteiger partial charge in [0.15, 0.2) is 5.67 Å². The van der Waals surface area contributed by atoms with E-state index in [2.05, 4.69) is 27.8 Å². The van der Waals surface area contributed by atoms with E-state index in [0.717, 1.165) is 21.7 Å². The first-order valence-electron chi connectivity index (χ1n) is 10.6. The largest absolute Gasteiger partial charge is 0.378 e. The molecule has 1 fully saturated rings. The third-order valence-electron chi connectivity index (χ3n) is 5.46. The number of halogens is 2. The van der Waals surface area contributed by atoms with Crippen LogP contribution in [0.1, 0.15) is 12.8 Å². The van der Waals surface area contributed by atoms with Crippen molar-refractivity contribution in [2.75, 3.05) is 44.9 Å². The first kappa shape index (κ1) is 25.7. The van der Waals surface area contributed by atoms with Crippen LogP contribution in [-0.4, -0.2) is 60.1 Å². The number of benzene rings is 2. The highest BCUT2D eigenvalue weighted by molar-refractivity contribution is 7.97. The minimum Gasteiger partial charge on any atom is -0.378 e. The van der Waals surface area contributed by atoms with Crippen LogP contribution in [-0.2, 0) is 15.6 Å². The smallest absolute Gasteiger partial charge is 0.258 e. The molecule has 1 heterocycles. The molecule has 1 atom stereocenters. The van der Waals surface area contributed by atoms with Gasteiger partial charge in [0.2, 0.25) is 0 Å². The number of rotatable bonds is 8. The number of alkyl halides is 1. The number of piperidine rings is 1. The summed E-state index contributed by atoms with van der Waals surface area (Å²) in [5, 5.41) is 4.74. The summed E-state index contributed by atoms with van der Waals surface area (Å²) in [6.45, 7) is 1.06. The molecule has 1 saturated heterocycles. The van der Waals surface area contributed by atoms with Gasteiger partial charge in [-0.05, 0) is 41.6 Å². The molecular formula is C24H29ClFN3O2S2. The zero-order chi connectivity index (χ0) is 24.0. The minimum atomic E-state index is -1.89. The van der Waals surface area contributed by atoms with E-state index in [1.54, 1.807) is 18.0 Å². The number of hydrogen-bond donors (Lipinski definition) is 1. The lowest BCUT2D eigenvalue weighted by atomic mass is 9.93. The number of nitrogens with one attached hydrogen (secondary N) is 1. The predicted octanol–water partition coefficient (Wildman–Crippen LogP) is 4.89. The van der Waals surface area contributed by atoms with Gasteiger partial charge in [-0.25, -0.2) is 8.70 Å². The molecular weight excluding hydrogens is 481 g/mol. The number of carbonyl (C=O) groups excluding carboxylic acids is 1. The van der Waals surface area contributed by atoms with E-state index in [4.69, 9.17) is 11.6 Å². The highest BCUT2D eigenvalue weighted by Gasteiger charge is 2.41. The topological polar surface area (TPSA) is 52.6 Å². The van der Waals surface area contributed by atoms with Crippen LogP contribution in [0, 0.1) is 0 Å². The monoisotopic (exact) mass is 509 g/mol. The second-order valence-electron chi connectivity index (χ2n) is 8.12. The van der Waals surface area contributed by atoms with E-state index in [0.29, 0.717) is 18.1 Å². The maximum absolute atomic E-state index is 15.2. The molecule has 1 amide bonds. The second-order valence-corrected chi connectivity index (χ2v) is 10.9. The lowest BCUT2D eigenvalue weighted by Gasteiger charge is -2.34. The van der Waals surface area contributed by atoms with Crippen molar-refractivity contribution in [3.05, 3.63) is 59.0 Å². The summed E-state index contributed by atoms with van der Waals surface area (Å²) in [7, 11) is 2.90. The van der Waals surface area contributed by atoms with E-state index < -0.39 is 22.4 Å². The quantitative estimate of drug-likeness (QED) is 0.513. The minimum absolute atomic E-state index is 0.118. The van der Waals surface area contributed by atoms with Gasteiger partial charge in [-0.15, -0.1) is 0 Å². The van der Waals surface area contributed by atoms with Crippen LogP contribution in [0.2, 0.25) is 5.02 Å². The summed E-state index contributed by atoms with van der Waals surface area (Å²) in [5.41, 5.74) is 1.14. The molecule has 1 aliphatic heterocycles. The van der Waals surface area contributed by atoms with Gasteiger partial charge in [-0.3, -0.25) is 9.00 Å². The van der Waals surface area contributed by atoms with E-state index >= 15 is 4.39 Å². The Morgan fingerprint density at radius 2 is 1.94 bits per heavy atom. The Kier molecular flexibility index (Phi) is 8.98. The zero-order valence-corrected chi connectivity index (χ0v) is 21.4. The van der Waals surface area contributed by atoms with Gasteiger partial charge in [0, 0.05) is 90.4 Å². The molecule has 3 rings (SSSR count). The van der Waals surface area contributed by atoms with E-state index in [1.165, 1.54) is 11.7 Å². The van der Waals surface area contributed by atoms with E-state index in [9.17, 15) is 9.00 Å². The lowest BCUT2D eigenvalue weighted by molar-refractivity contribution is -0.135. The van der Waals surface area contributed by atoms with Crippen molar-refractivity contribution in [2.45, 2.75) is 23.4 Å². The van der Waals surface area contributed by atoms with Crippen molar-refractivity contribution in [2.24, 2.45) is 0 Å². The summed E-state index contributed by atoms with van der Waals surface area (Å²) in [6.07, 6.45) is 3.35. The Morgan fingerprint density at radius 1 is 1.24 bits per heavy atom. The van der Waals surface area contributed by atoms with Crippen LogP contribution < -0.4 is 10.2 Å². The summed E-state index contributed by atoms with van der Waals surface area (Å²) < 4.78 is 28.4. The number of hydrogen-bond acceptors (Lipinski definition) is 5.